The molecule has 2 N–H and O–H groups in total. The number of likely N-dealkylation sites (N-methyl/N-ethyl adjacent to an activating group) is 1. The van der Waals surface area contributed by atoms with E-state index in [1.54, 1.807) is 23.1 Å². The molecule has 0 atom stereocenters. The highest BCUT2D eigenvalue weighted by Gasteiger charge is 2.30. The summed E-state index contributed by atoms with van der Waals surface area (Å²) in [4.78, 5) is 27.0. The number of carbonyl (C=O) groups excluding carboxylic acids is 2. The van der Waals surface area contributed by atoms with Crippen LogP contribution in [0.5, 0.6) is 0 Å². The normalized spacial score (nSPS) is 14.0. The van der Waals surface area contributed by atoms with Crippen LogP contribution in [0, 0.1) is 0 Å². The van der Waals surface area contributed by atoms with Crippen LogP contribution in [0.1, 0.15) is 17.5 Å². The summed E-state index contributed by atoms with van der Waals surface area (Å²) >= 11 is 0. The number of hydrogen-bond acceptors (Lipinski definition) is 3. The van der Waals surface area contributed by atoms with Gasteiger partial charge in [-0.05, 0) is 28.5 Å². The average molecular weight is 372 g/mol. The Labute approximate surface area is 162 Å². The average Bonchev–Trinajstić information content (AvgIpc) is 2.84. The van der Waals surface area contributed by atoms with E-state index in [1.807, 2.05) is 48.5 Å². The summed E-state index contributed by atoms with van der Waals surface area (Å²) in [5, 5.41) is 15.4. The van der Waals surface area contributed by atoms with Crippen molar-refractivity contribution in [2.75, 3.05) is 11.9 Å². The summed E-state index contributed by atoms with van der Waals surface area (Å²) in [6.07, 6.45) is -0.162. The number of nitrogens with one attached hydrogen (secondary N) is 1. The molecule has 3 aromatic rings. The number of carbonyl (C=O) groups is 2. The lowest BCUT2D eigenvalue weighted by atomic mass is 10.0. The topological polar surface area (TPSA) is 69.6 Å². The van der Waals surface area contributed by atoms with Crippen LogP contribution < -0.4 is 10.2 Å². The van der Waals surface area contributed by atoms with Gasteiger partial charge in [-0.15, -0.1) is 0 Å². The number of aliphatic hydroxyl groups excluding tert-OH is 1. The van der Waals surface area contributed by atoms with Crippen LogP contribution in [-0.4, -0.2) is 24.0 Å². The molecule has 0 spiro atoms. The minimum absolute atomic E-state index is 0.0837. The molecule has 0 bridgehead atoms. The van der Waals surface area contributed by atoms with Crippen molar-refractivity contribution >= 4 is 34.0 Å². The van der Waals surface area contributed by atoms with Crippen molar-refractivity contribution in [3.8, 4) is 0 Å². The Hall–Kier alpha value is -3.60. The predicted octanol–water partition coefficient (Wildman–Crippen LogP) is 3.79. The summed E-state index contributed by atoms with van der Waals surface area (Å²) in [5.41, 5.74) is 2.16. The van der Waals surface area contributed by atoms with E-state index in [9.17, 15) is 14.7 Å². The van der Waals surface area contributed by atoms with Gasteiger partial charge in [0.15, 0.2) is 0 Å². The SMILES string of the molecule is CNC(=O)C1=C(O)c2ccccc2N(Cc2cccc3ccccc23)C(=O)C1. The van der Waals surface area contributed by atoms with Crippen molar-refractivity contribution in [1.82, 2.24) is 5.32 Å². The van der Waals surface area contributed by atoms with E-state index < -0.39 is 5.91 Å². The Bertz CT molecular complexity index is 1110. The number of para-hydroxylation sites is 1. The smallest absolute Gasteiger partial charge is 0.251 e. The van der Waals surface area contributed by atoms with Crippen LogP contribution >= 0.6 is 0 Å². The number of fused-ring (bicyclic) bond motifs is 2. The molecule has 1 aliphatic heterocycles. The van der Waals surface area contributed by atoms with Gasteiger partial charge in [0.25, 0.3) is 5.91 Å². The number of aliphatic hydroxyl groups is 1. The molecule has 0 aromatic heterocycles. The van der Waals surface area contributed by atoms with Gasteiger partial charge in [0, 0.05) is 12.6 Å². The van der Waals surface area contributed by atoms with E-state index in [0.29, 0.717) is 17.8 Å². The number of hydrogen-bond donors (Lipinski definition) is 2. The van der Waals surface area contributed by atoms with E-state index in [2.05, 4.69) is 5.32 Å². The zero-order valence-corrected chi connectivity index (χ0v) is 15.5. The first-order valence-corrected chi connectivity index (χ1v) is 9.10. The number of anilines is 1. The van der Waals surface area contributed by atoms with E-state index in [-0.39, 0.29) is 23.7 Å². The van der Waals surface area contributed by atoms with Gasteiger partial charge in [-0.1, -0.05) is 54.6 Å². The van der Waals surface area contributed by atoms with Gasteiger partial charge in [-0.3, -0.25) is 9.59 Å². The molecule has 1 aliphatic rings. The van der Waals surface area contributed by atoms with Crippen LogP contribution in [0.3, 0.4) is 0 Å². The van der Waals surface area contributed by atoms with Crippen LogP contribution in [0.15, 0.2) is 72.3 Å². The van der Waals surface area contributed by atoms with Crippen molar-refractivity contribution in [3.05, 3.63) is 83.4 Å². The fraction of sp³-hybridized carbons (Fsp3) is 0.130. The second kappa shape index (κ2) is 7.19. The molecule has 0 saturated carbocycles. The van der Waals surface area contributed by atoms with Crippen molar-refractivity contribution in [3.63, 3.8) is 0 Å². The van der Waals surface area contributed by atoms with E-state index in [1.165, 1.54) is 7.05 Å². The third-order valence-electron chi connectivity index (χ3n) is 5.07. The standard InChI is InChI=1S/C23H20N2O3/c1-24-23(28)19-13-21(26)25(20-12-5-4-11-18(20)22(19)27)14-16-9-6-8-15-7-2-3-10-17(15)16/h2-12,27H,13-14H2,1H3,(H,24,28). The van der Waals surface area contributed by atoms with Crippen LogP contribution in [-0.2, 0) is 16.1 Å². The Morgan fingerprint density at radius 2 is 1.75 bits per heavy atom. The Morgan fingerprint density at radius 3 is 2.57 bits per heavy atom. The molecule has 28 heavy (non-hydrogen) atoms. The quantitative estimate of drug-likeness (QED) is 0.735. The summed E-state index contributed by atoms with van der Waals surface area (Å²) in [5.74, 6) is -0.834. The lowest BCUT2D eigenvalue weighted by Crippen LogP contribution is -2.31. The van der Waals surface area contributed by atoms with Gasteiger partial charge < -0.3 is 15.3 Å². The number of benzene rings is 3. The summed E-state index contributed by atoms with van der Waals surface area (Å²) in [6.45, 7) is 0.353. The highest BCUT2D eigenvalue weighted by Crippen LogP contribution is 2.34. The van der Waals surface area contributed by atoms with Crippen molar-refractivity contribution < 1.29 is 14.7 Å². The molecular formula is C23H20N2O3. The van der Waals surface area contributed by atoms with Gasteiger partial charge in [-0.25, -0.2) is 0 Å². The van der Waals surface area contributed by atoms with Crippen LogP contribution in [0.4, 0.5) is 5.69 Å². The maximum atomic E-state index is 13.1. The number of amides is 2. The zero-order valence-electron chi connectivity index (χ0n) is 15.5. The molecule has 1 heterocycles. The van der Waals surface area contributed by atoms with Gasteiger partial charge >= 0.3 is 0 Å². The number of nitrogens with zero attached hydrogens (tertiary/aromatic N) is 1. The molecule has 0 aliphatic carbocycles. The molecular weight excluding hydrogens is 352 g/mol. The predicted molar refractivity (Wildman–Crippen MR) is 110 cm³/mol. The first-order chi connectivity index (χ1) is 13.6. The minimum atomic E-state index is -0.451. The molecule has 3 aromatic carbocycles. The maximum absolute atomic E-state index is 13.1. The molecule has 2 amide bonds. The Balaban J connectivity index is 1.82. The second-order valence-electron chi connectivity index (χ2n) is 6.72. The minimum Gasteiger partial charge on any atom is -0.507 e. The van der Waals surface area contributed by atoms with E-state index >= 15 is 0 Å². The Kier molecular flexibility index (Phi) is 4.57. The van der Waals surface area contributed by atoms with Gasteiger partial charge in [0.1, 0.15) is 5.76 Å². The zero-order chi connectivity index (χ0) is 19.7. The highest BCUT2D eigenvalue weighted by atomic mass is 16.3. The molecule has 140 valence electrons. The lowest BCUT2D eigenvalue weighted by molar-refractivity contribution is -0.121. The second-order valence-corrected chi connectivity index (χ2v) is 6.72. The molecule has 5 heteroatoms. The van der Waals surface area contributed by atoms with Crippen molar-refractivity contribution in [2.24, 2.45) is 0 Å². The van der Waals surface area contributed by atoms with Gasteiger partial charge in [0.05, 0.1) is 24.2 Å². The van der Waals surface area contributed by atoms with Crippen molar-refractivity contribution in [1.29, 1.82) is 0 Å². The Morgan fingerprint density at radius 1 is 1.04 bits per heavy atom. The van der Waals surface area contributed by atoms with Gasteiger partial charge in [-0.2, -0.15) is 0 Å². The summed E-state index contributed by atoms with van der Waals surface area (Å²) in [7, 11) is 1.48. The first-order valence-electron chi connectivity index (χ1n) is 9.10. The molecule has 0 unspecified atom stereocenters. The molecule has 0 radical (unpaired) electrons. The maximum Gasteiger partial charge on any atom is 0.251 e. The van der Waals surface area contributed by atoms with Crippen LogP contribution in [0.25, 0.3) is 16.5 Å². The molecule has 5 nitrogen and oxygen atoms in total. The first kappa shape index (κ1) is 17.8. The number of rotatable bonds is 3. The summed E-state index contributed by atoms with van der Waals surface area (Å²) < 4.78 is 0. The van der Waals surface area contributed by atoms with Gasteiger partial charge in [0.2, 0.25) is 5.91 Å². The fourth-order valence-electron chi connectivity index (χ4n) is 3.65. The monoisotopic (exact) mass is 372 g/mol. The van der Waals surface area contributed by atoms with Crippen molar-refractivity contribution in [2.45, 2.75) is 13.0 Å². The third-order valence-corrected chi connectivity index (χ3v) is 5.07. The highest BCUT2D eigenvalue weighted by molar-refractivity contribution is 6.10. The molecule has 0 saturated heterocycles. The molecule has 0 fully saturated rings. The lowest BCUT2D eigenvalue weighted by Gasteiger charge is -2.24. The fourth-order valence-corrected chi connectivity index (χ4v) is 3.65. The largest absolute Gasteiger partial charge is 0.507 e. The molecule has 4 rings (SSSR count). The van der Waals surface area contributed by atoms with E-state index in [0.717, 1.165) is 16.3 Å². The van der Waals surface area contributed by atoms with Crippen LogP contribution in [0.2, 0.25) is 0 Å². The van der Waals surface area contributed by atoms with E-state index in [4.69, 9.17) is 0 Å². The third kappa shape index (κ3) is 3.01. The summed E-state index contributed by atoms with van der Waals surface area (Å²) in [6, 6.07) is 21.1.